The topological polar surface area (TPSA) is 26.3 Å². The van der Waals surface area contributed by atoms with E-state index in [0.29, 0.717) is 6.42 Å². The number of ether oxygens (including phenoxy) is 1. The van der Waals surface area contributed by atoms with Crippen LogP contribution in [0.4, 0.5) is 0 Å². The first-order valence-electron chi connectivity index (χ1n) is 13.3. The average Bonchev–Trinajstić information content (AvgIpc) is 2.73. The lowest BCUT2D eigenvalue weighted by Gasteiger charge is -2.10. The van der Waals surface area contributed by atoms with Gasteiger partial charge in [0.05, 0.1) is 7.11 Å². The Labute approximate surface area is 184 Å². The van der Waals surface area contributed by atoms with Gasteiger partial charge < -0.3 is 4.74 Å². The van der Waals surface area contributed by atoms with Crippen molar-refractivity contribution >= 4 is 5.97 Å². The molecule has 0 rings (SSSR count). The summed E-state index contributed by atoms with van der Waals surface area (Å²) in [4.78, 5) is 11.1. The molecule has 0 aliphatic rings. The first-order valence-corrected chi connectivity index (χ1v) is 13.3. The molecule has 0 aromatic heterocycles. The van der Waals surface area contributed by atoms with Gasteiger partial charge in [-0.2, -0.15) is 0 Å². The van der Waals surface area contributed by atoms with E-state index in [1.807, 2.05) is 0 Å². The fourth-order valence-corrected chi connectivity index (χ4v) is 4.23. The van der Waals surface area contributed by atoms with Crippen LogP contribution < -0.4 is 0 Å². The molecule has 0 aromatic rings. The van der Waals surface area contributed by atoms with E-state index in [9.17, 15) is 4.79 Å². The van der Waals surface area contributed by atoms with Crippen LogP contribution in [-0.4, -0.2) is 13.1 Å². The van der Waals surface area contributed by atoms with Crippen LogP contribution in [0, 0.1) is 5.92 Å². The molecule has 1 atom stereocenters. The fraction of sp³-hybridized carbons (Fsp3) is 0.963. The van der Waals surface area contributed by atoms with Crippen molar-refractivity contribution < 1.29 is 9.53 Å². The number of carbonyl (C=O) groups is 1. The highest BCUT2D eigenvalue weighted by Gasteiger charge is 2.04. The summed E-state index contributed by atoms with van der Waals surface area (Å²) < 4.78 is 4.68. The standard InChI is InChI=1S/C27H54O2/c1-4-5-6-7-8-9-10-11-12-13-14-15-16-17-18-19-20-23-26(2)24-21-22-25-27(28)29-3/h26H,4-25H2,1-3H3. The molecule has 0 spiro atoms. The van der Waals surface area contributed by atoms with Gasteiger partial charge in [-0.25, -0.2) is 0 Å². The minimum Gasteiger partial charge on any atom is -0.469 e. The molecule has 0 amide bonds. The summed E-state index contributed by atoms with van der Waals surface area (Å²) >= 11 is 0. The Bertz CT molecular complexity index is 326. The van der Waals surface area contributed by atoms with Crippen LogP contribution in [-0.2, 0) is 9.53 Å². The van der Waals surface area contributed by atoms with Gasteiger partial charge in [0.1, 0.15) is 0 Å². The number of carbonyl (C=O) groups excluding carboxylic acids is 1. The second-order valence-corrected chi connectivity index (χ2v) is 9.37. The van der Waals surface area contributed by atoms with Crippen molar-refractivity contribution in [3.63, 3.8) is 0 Å². The molecule has 29 heavy (non-hydrogen) atoms. The zero-order chi connectivity index (χ0) is 21.4. The average molecular weight is 411 g/mol. The molecule has 0 N–H and O–H groups in total. The van der Waals surface area contributed by atoms with Crippen LogP contribution in [0.25, 0.3) is 0 Å². The Morgan fingerprint density at radius 1 is 0.586 bits per heavy atom. The summed E-state index contributed by atoms with van der Waals surface area (Å²) in [6.07, 6.45) is 29.9. The van der Waals surface area contributed by atoms with E-state index < -0.39 is 0 Å². The lowest BCUT2D eigenvalue weighted by Crippen LogP contribution is -2.00. The van der Waals surface area contributed by atoms with Crippen molar-refractivity contribution in [1.29, 1.82) is 0 Å². The van der Waals surface area contributed by atoms with Gasteiger partial charge in [0.2, 0.25) is 0 Å². The van der Waals surface area contributed by atoms with Crippen molar-refractivity contribution in [2.75, 3.05) is 7.11 Å². The van der Waals surface area contributed by atoms with Crippen LogP contribution >= 0.6 is 0 Å². The van der Waals surface area contributed by atoms with E-state index in [4.69, 9.17) is 0 Å². The van der Waals surface area contributed by atoms with Crippen LogP contribution in [0.1, 0.15) is 155 Å². The van der Waals surface area contributed by atoms with E-state index in [1.54, 1.807) is 0 Å². The van der Waals surface area contributed by atoms with Gasteiger partial charge in [-0.1, -0.05) is 142 Å². The van der Waals surface area contributed by atoms with Gasteiger partial charge in [0.15, 0.2) is 0 Å². The molecule has 0 saturated carbocycles. The highest BCUT2D eigenvalue weighted by Crippen LogP contribution is 2.18. The number of methoxy groups -OCH3 is 1. The molecule has 0 aliphatic carbocycles. The summed E-state index contributed by atoms with van der Waals surface area (Å²) in [5.41, 5.74) is 0. The lowest BCUT2D eigenvalue weighted by atomic mass is 9.96. The summed E-state index contributed by atoms with van der Waals surface area (Å²) in [6, 6.07) is 0. The Morgan fingerprint density at radius 3 is 1.31 bits per heavy atom. The second-order valence-electron chi connectivity index (χ2n) is 9.37. The van der Waals surface area contributed by atoms with Crippen molar-refractivity contribution in [1.82, 2.24) is 0 Å². The Kier molecular flexibility index (Phi) is 23.3. The Morgan fingerprint density at radius 2 is 0.931 bits per heavy atom. The third-order valence-corrected chi connectivity index (χ3v) is 6.36. The van der Waals surface area contributed by atoms with Gasteiger partial charge in [0.25, 0.3) is 0 Å². The number of rotatable bonds is 23. The van der Waals surface area contributed by atoms with Gasteiger partial charge in [0, 0.05) is 6.42 Å². The SMILES string of the molecule is CCCCCCCCCCCCCCCCCCCC(C)CCCCC(=O)OC. The minimum absolute atomic E-state index is 0.0641. The predicted octanol–water partition coefficient (Wildman–Crippen LogP) is 9.40. The summed E-state index contributed by atoms with van der Waals surface area (Å²) in [5.74, 6) is 0.745. The molecule has 2 nitrogen and oxygen atoms in total. The first-order chi connectivity index (χ1) is 14.2. The first kappa shape index (κ1) is 28.5. The van der Waals surface area contributed by atoms with E-state index >= 15 is 0 Å². The van der Waals surface area contributed by atoms with Crippen molar-refractivity contribution in [2.45, 2.75) is 155 Å². The molecular weight excluding hydrogens is 356 g/mol. The number of hydrogen-bond acceptors (Lipinski definition) is 2. The van der Waals surface area contributed by atoms with Gasteiger partial charge in [-0.15, -0.1) is 0 Å². The molecule has 0 heterocycles. The maximum absolute atomic E-state index is 11.1. The second kappa shape index (κ2) is 23.7. The Hall–Kier alpha value is -0.530. The highest BCUT2D eigenvalue weighted by molar-refractivity contribution is 5.68. The third-order valence-electron chi connectivity index (χ3n) is 6.36. The lowest BCUT2D eigenvalue weighted by molar-refractivity contribution is -0.140. The molecule has 1 unspecified atom stereocenters. The summed E-state index contributed by atoms with van der Waals surface area (Å²) in [6.45, 7) is 4.66. The number of unbranched alkanes of at least 4 members (excludes halogenated alkanes) is 17. The van der Waals surface area contributed by atoms with E-state index in [0.717, 1.165) is 18.8 Å². The van der Waals surface area contributed by atoms with E-state index in [-0.39, 0.29) is 5.97 Å². The molecule has 2 heteroatoms. The highest BCUT2D eigenvalue weighted by atomic mass is 16.5. The monoisotopic (exact) mass is 410 g/mol. The van der Waals surface area contributed by atoms with Crippen LogP contribution in [0.5, 0.6) is 0 Å². The zero-order valence-corrected chi connectivity index (χ0v) is 20.5. The molecule has 0 fully saturated rings. The van der Waals surface area contributed by atoms with E-state index in [2.05, 4.69) is 18.6 Å². The minimum atomic E-state index is -0.0641. The zero-order valence-electron chi connectivity index (χ0n) is 20.5. The van der Waals surface area contributed by atoms with Gasteiger partial charge >= 0.3 is 5.97 Å². The normalized spacial score (nSPS) is 12.2. The molecule has 0 radical (unpaired) electrons. The molecule has 174 valence electrons. The summed E-state index contributed by atoms with van der Waals surface area (Å²) in [7, 11) is 1.48. The van der Waals surface area contributed by atoms with Crippen LogP contribution in [0.15, 0.2) is 0 Å². The maximum atomic E-state index is 11.1. The molecule has 0 saturated heterocycles. The van der Waals surface area contributed by atoms with Crippen LogP contribution in [0.3, 0.4) is 0 Å². The van der Waals surface area contributed by atoms with Crippen molar-refractivity contribution in [3.05, 3.63) is 0 Å². The number of esters is 1. The molecule has 0 aliphatic heterocycles. The molecule has 0 bridgehead atoms. The van der Waals surface area contributed by atoms with Crippen molar-refractivity contribution in [2.24, 2.45) is 5.92 Å². The van der Waals surface area contributed by atoms with Crippen LogP contribution in [0.2, 0.25) is 0 Å². The Balaban J connectivity index is 3.13. The van der Waals surface area contributed by atoms with Gasteiger partial charge in [-0.3, -0.25) is 4.79 Å². The third kappa shape index (κ3) is 23.6. The van der Waals surface area contributed by atoms with Gasteiger partial charge in [-0.05, 0) is 12.3 Å². The largest absolute Gasteiger partial charge is 0.469 e. The maximum Gasteiger partial charge on any atom is 0.305 e. The van der Waals surface area contributed by atoms with E-state index in [1.165, 1.54) is 129 Å². The summed E-state index contributed by atoms with van der Waals surface area (Å²) in [5, 5.41) is 0. The molecule has 0 aromatic carbocycles. The predicted molar refractivity (Wildman–Crippen MR) is 128 cm³/mol. The smallest absolute Gasteiger partial charge is 0.305 e. The van der Waals surface area contributed by atoms with Crippen molar-refractivity contribution in [3.8, 4) is 0 Å². The fourth-order valence-electron chi connectivity index (χ4n) is 4.23. The molecular formula is C27H54O2. The quantitative estimate of drug-likeness (QED) is 0.124. The number of hydrogen-bond donors (Lipinski definition) is 0.